The van der Waals surface area contributed by atoms with Crippen molar-refractivity contribution >= 4 is 22.1 Å². The third-order valence-electron chi connectivity index (χ3n) is 2.16. The first-order valence-electron chi connectivity index (χ1n) is 5.24. The molecular formula is C12H15NO4S. The van der Waals surface area contributed by atoms with Gasteiger partial charge in [-0.15, -0.1) is 0 Å². The van der Waals surface area contributed by atoms with E-state index in [0.29, 0.717) is 0 Å². The van der Waals surface area contributed by atoms with E-state index in [-0.39, 0.29) is 6.54 Å². The first kappa shape index (κ1) is 14.4. The molecule has 0 amide bonds. The number of benzene rings is 1. The molecule has 0 radical (unpaired) electrons. The van der Waals surface area contributed by atoms with Crippen molar-refractivity contribution in [1.82, 2.24) is 4.72 Å². The number of hydrogen-bond acceptors (Lipinski definition) is 4. The quantitative estimate of drug-likeness (QED) is 0.811. The zero-order chi connectivity index (χ0) is 13.6. The molecule has 0 aliphatic rings. The van der Waals surface area contributed by atoms with Crippen LogP contribution in [0.1, 0.15) is 11.1 Å². The molecule has 0 saturated carbocycles. The van der Waals surface area contributed by atoms with E-state index >= 15 is 0 Å². The summed E-state index contributed by atoms with van der Waals surface area (Å²) in [5.74, 6) is -0.637. The molecule has 1 aromatic rings. The maximum Gasteiger partial charge on any atom is 0.320 e. The van der Waals surface area contributed by atoms with Crippen molar-refractivity contribution in [3.8, 4) is 0 Å². The van der Waals surface area contributed by atoms with Gasteiger partial charge in [0, 0.05) is 5.41 Å². The Morgan fingerprint density at radius 3 is 2.50 bits per heavy atom. The van der Waals surface area contributed by atoms with Crippen LogP contribution in [0.2, 0.25) is 0 Å². The third-order valence-corrected chi connectivity index (χ3v) is 3.20. The van der Waals surface area contributed by atoms with Crippen LogP contribution in [0.5, 0.6) is 0 Å². The van der Waals surface area contributed by atoms with Gasteiger partial charge in [0.15, 0.2) is 0 Å². The standard InChI is InChI=1S/C12H15NO4S/c1-10-3-5-11(6-4-10)7-8-18(15,16)13-9-12(14)17-2/h3-8,13H,9H2,1-2H3/b8-7+. The summed E-state index contributed by atoms with van der Waals surface area (Å²) in [6.45, 7) is 1.57. The second-order valence-electron chi connectivity index (χ2n) is 3.66. The molecule has 0 aromatic heterocycles. The SMILES string of the molecule is COC(=O)CNS(=O)(=O)/C=C/c1ccc(C)cc1. The number of ether oxygens (including phenoxy) is 1. The van der Waals surface area contributed by atoms with Crippen molar-refractivity contribution in [2.75, 3.05) is 13.7 Å². The predicted octanol–water partition coefficient (Wildman–Crippen LogP) is 1.06. The highest BCUT2D eigenvalue weighted by atomic mass is 32.2. The van der Waals surface area contributed by atoms with Gasteiger partial charge in [0.2, 0.25) is 10.0 Å². The number of nitrogens with one attached hydrogen (secondary N) is 1. The van der Waals surface area contributed by atoms with Crippen molar-refractivity contribution < 1.29 is 17.9 Å². The molecule has 1 aromatic carbocycles. The van der Waals surface area contributed by atoms with Gasteiger partial charge in [0.25, 0.3) is 0 Å². The molecule has 0 aliphatic carbocycles. The molecule has 18 heavy (non-hydrogen) atoms. The smallest absolute Gasteiger partial charge is 0.320 e. The Labute approximate surface area is 107 Å². The fourth-order valence-corrected chi connectivity index (χ4v) is 1.88. The zero-order valence-electron chi connectivity index (χ0n) is 10.2. The fourth-order valence-electron chi connectivity index (χ4n) is 1.13. The van der Waals surface area contributed by atoms with E-state index < -0.39 is 16.0 Å². The number of methoxy groups -OCH3 is 1. The van der Waals surface area contributed by atoms with Crippen LogP contribution in [-0.4, -0.2) is 28.0 Å². The fraction of sp³-hybridized carbons (Fsp3) is 0.250. The van der Waals surface area contributed by atoms with Gasteiger partial charge in [-0.2, -0.15) is 0 Å². The van der Waals surface area contributed by atoms with E-state index in [9.17, 15) is 13.2 Å². The minimum atomic E-state index is -3.63. The minimum Gasteiger partial charge on any atom is -0.468 e. The maximum atomic E-state index is 11.5. The molecule has 1 N–H and O–H groups in total. The molecule has 0 bridgehead atoms. The molecule has 0 aliphatic heterocycles. The lowest BCUT2D eigenvalue weighted by molar-refractivity contribution is -0.139. The Balaban J connectivity index is 2.65. The van der Waals surface area contributed by atoms with Crippen molar-refractivity contribution in [1.29, 1.82) is 0 Å². The summed E-state index contributed by atoms with van der Waals surface area (Å²) in [7, 11) is -2.43. The lowest BCUT2D eigenvalue weighted by Gasteiger charge is -2.01. The van der Waals surface area contributed by atoms with Crippen LogP contribution in [0.25, 0.3) is 6.08 Å². The Kier molecular flexibility index (Phi) is 5.06. The van der Waals surface area contributed by atoms with Crippen LogP contribution in [-0.2, 0) is 19.6 Å². The van der Waals surface area contributed by atoms with Crippen LogP contribution in [0.15, 0.2) is 29.7 Å². The number of carbonyl (C=O) groups excluding carboxylic acids is 1. The van der Waals surface area contributed by atoms with Crippen molar-refractivity contribution in [3.63, 3.8) is 0 Å². The van der Waals surface area contributed by atoms with Gasteiger partial charge in [0.05, 0.1) is 7.11 Å². The second kappa shape index (κ2) is 6.32. The highest BCUT2D eigenvalue weighted by molar-refractivity contribution is 7.92. The van der Waals surface area contributed by atoms with Crippen molar-refractivity contribution in [2.45, 2.75) is 6.92 Å². The molecule has 5 nitrogen and oxygen atoms in total. The number of esters is 1. The molecule has 0 atom stereocenters. The summed E-state index contributed by atoms with van der Waals surface area (Å²) in [4.78, 5) is 10.8. The summed E-state index contributed by atoms with van der Waals surface area (Å²) in [6, 6.07) is 7.38. The average Bonchev–Trinajstić information content (AvgIpc) is 2.35. The van der Waals surface area contributed by atoms with Gasteiger partial charge < -0.3 is 4.74 Å². The summed E-state index contributed by atoms with van der Waals surface area (Å²) < 4.78 is 29.4. The molecule has 6 heteroatoms. The van der Waals surface area contributed by atoms with Crippen molar-refractivity contribution in [3.05, 3.63) is 40.8 Å². The van der Waals surface area contributed by atoms with Gasteiger partial charge in [-0.25, -0.2) is 13.1 Å². The minimum absolute atomic E-state index is 0.378. The predicted molar refractivity (Wildman–Crippen MR) is 69.2 cm³/mol. The first-order chi connectivity index (χ1) is 8.43. The lowest BCUT2D eigenvalue weighted by Crippen LogP contribution is -2.28. The zero-order valence-corrected chi connectivity index (χ0v) is 11.0. The van der Waals surface area contributed by atoms with Crippen molar-refractivity contribution in [2.24, 2.45) is 0 Å². The summed E-state index contributed by atoms with van der Waals surface area (Å²) >= 11 is 0. The Hall–Kier alpha value is -1.66. The highest BCUT2D eigenvalue weighted by Gasteiger charge is 2.08. The lowest BCUT2D eigenvalue weighted by atomic mass is 10.2. The van der Waals surface area contributed by atoms with Crippen LogP contribution < -0.4 is 4.72 Å². The van der Waals surface area contributed by atoms with Crippen LogP contribution in [0, 0.1) is 6.92 Å². The molecule has 0 unspecified atom stereocenters. The molecule has 0 heterocycles. The maximum absolute atomic E-state index is 11.5. The topological polar surface area (TPSA) is 72.5 Å². The number of sulfonamides is 1. The highest BCUT2D eigenvalue weighted by Crippen LogP contribution is 2.05. The van der Waals surface area contributed by atoms with E-state index in [4.69, 9.17) is 0 Å². The van der Waals surface area contributed by atoms with E-state index in [1.807, 2.05) is 31.2 Å². The van der Waals surface area contributed by atoms with Gasteiger partial charge in [0.1, 0.15) is 6.54 Å². The number of rotatable bonds is 5. The number of hydrogen-bond donors (Lipinski definition) is 1. The normalized spacial score (nSPS) is 11.7. The number of aryl methyl sites for hydroxylation is 1. The number of carbonyl (C=O) groups is 1. The second-order valence-corrected chi connectivity index (χ2v) is 5.31. The monoisotopic (exact) mass is 269 g/mol. The molecule has 98 valence electrons. The van der Waals surface area contributed by atoms with Gasteiger partial charge in [-0.1, -0.05) is 29.8 Å². The van der Waals surface area contributed by atoms with E-state index in [1.54, 1.807) is 0 Å². The Morgan fingerprint density at radius 1 is 1.33 bits per heavy atom. The van der Waals surface area contributed by atoms with E-state index in [1.165, 1.54) is 13.2 Å². The molecule has 1 rings (SSSR count). The Bertz CT molecular complexity index is 532. The van der Waals surface area contributed by atoms with E-state index in [2.05, 4.69) is 9.46 Å². The van der Waals surface area contributed by atoms with Crippen LogP contribution in [0.4, 0.5) is 0 Å². The molecule has 0 spiro atoms. The molecular weight excluding hydrogens is 254 g/mol. The van der Waals surface area contributed by atoms with Crippen LogP contribution >= 0.6 is 0 Å². The van der Waals surface area contributed by atoms with Gasteiger partial charge in [-0.3, -0.25) is 4.79 Å². The van der Waals surface area contributed by atoms with Gasteiger partial charge >= 0.3 is 5.97 Å². The summed E-state index contributed by atoms with van der Waals surface area (Å²) in [5, 5.41) is 1.01. The summed E-state index contributed by atoms with van der Waals surface area (Å²) in [6.07, 6.45) is 1.46. The first-order valence-corrected chi connectivity index (χ1v) is 6.79. The largest absolute Gasteiger partial charge is 0.468 e. The summed E-state index contributed by atoms with van der Waals surface area (Å²) in [5.41, 5.74) is 1.86. The van der Waals surface area contributed by atoms with Gasteiger partial charge in [-0.05, 0) is 18.6 Å². The Morgan fingerprint density at radius 2 is 1.94 bits per heavy atom. The average molecular weight is 269 g/mol. The third kappa shape index (κ3) is 5.11. The molecule has 0 saturated heterocycles. The van der Waals surface area contributed by atoms with E-state index in [0.717, 1.165) is 16.5 Å². The van der Waals surface area contributed by atoms with Crippen LogP contribution in [0.3, 0.4) is 0 Å². The molecule has 0 fully saturated rings.